The molecule has 1 aromatic rings. The number of hydrogen-bond acceptors (Lipinski definition) is 4. The summed E-state index contributed by atoms with van der Waals surface area (Å²) in [5, 5.41) is 3.11. The highest BCUT2D eigenvalue weighted by molar-refractivity contribution is 7.90. The Bertz CT molecular complexity index is 457. The van der Waals surface area contributed by atoms with Crippen LogP contribution in [0.3, 0.4) is 0 Å². The van der Waals surface area contributed by atoms with Crippen molar-refractivity contribution in [1.29, 1.82) is 0 Å². The normalized spacial score (nSPS) is 13.6. The van der Waals surface area contributed by atoms with Crippen molar-refractivity contribution in [2.24, 2.45) is 0 Å². The first-order valence-electron chi connectivity index (χ1n) is 5.54. The topological polar surface area (TPSA) is 55.4 Å². The first-order chi connectivity index (χ1) is 7.99. The fourth-order valence-electron chi connectivity index (χ4n) is 1.54. The van der Waals surface area contributed by atoms with Gasteiger partial charge in [-0.3, -0.25) is 0 Å². The molecule has 4 nitrogen and oxygen atoms in total. The molecule has 1 N–H and O–H groups in total. The summed E-state index contributed by atoms with van der Waals surface area (Å²) in [6, 6.07) is 6.95. The van der Waals surface area contributed by atoms with Crippen LogP contribution in [-0.4, -0.2) is 34.9 Å². The molecule has 0 bridgehead atoms. The average Bonchev–Trinajstić information content (AvgIpc) is 2.29. The van der Waals surface area contributed by atoms with E-state index in [0.717, 1.165) is 5.56 Å². The summed E-state index contributed by atoms with van der Waals surface area (Å²) in [4.78, 5) is 0.340. The van der Waals surface area contributed by atoms with Gasteiger partial charge in [0.2, 0.25) is 0 Å². The largest absolute Gasteiger partial charge is 0.380 e. The lowest BCUT2D eigenvalue weighted by atomic mass is 10.1. The molecule has 0 saturated heterocycles. The molecule has 17 heavy (non-hydrogen) atoms. The molecule has 5 heteroatoms. The van der Waals surface area contributed by atoms with E-state index in [9.17, 15) is 8.42 Å². The van der Waals surface area contributed by atoms with Crippen LogP contribution in [0.15, 0.2) is 29.2 Å². The van der Waals surface area contributed by atoms with Crippen molar-refractivity contribution in [2.45, 2.75) is 17.9 Å². The Morgan fingerprint density at radius 2 is 2.12 bits per heavy atom. The molecule has 0 radical (unpaired) electrons. The van der Waals surface area contributed by atoms with Crippen LogP contribution in [0.5, 0.6) is 0 Å². The molecule has 0 heterocycles. The number of ether oxygens (including phenoxy) is 1. The summed E-state index contributed by atoms with van der Waals surface area (Å²) in [5.74, 6) is 0. The lowest BCUT2D eigenvalue weighted by Crippen LogP contribution is -2.22. The molecular formula is C12H19NO3S. The monoisotopic (exact) mass is 257 g/mol. The zero-order chi connectivity index (χ0) is 12.9. The Hall–Kier alpha value is -0.910. The van der Waals surface area contributed by atoms with E-state index in [0.29, 0.717) is 18.1 Å². The van der Waals surface area contributed by atoms with E-state index >= 15 is 0 Å². The first kappa shape index (κ1) is 14.2. The van der Waals surface area contributed by atoms with Crippen LogP contribution in [0.2, 0.25) is 0 Å². The van der Waals surface area contributed by atoms with Crippen molar-refractivity contribution in [3.63, 3.8) is 0 Å². The third kappa shape index (κ3) is 4.11. The molecule has 0 aliphatic rings. The standard InChI is InChI=1S/C12H19NO3S/c1-4-16-9-12(13-2)10-6-5-7-11(8-10)17(3,14)15/h5-8,12-13H,4,9H2,1-3H3. The van der Waals surface area contributed by atoms with Gasteiger partial charge in [0.25, 0.3) is 0 Å². The smallest absolute Gasteiger partial charge is 0.175 e. The van der Waals surface area contributed by atoms with E-state index in [2.05, 4.69) is 5.32 Å². The van der Waals surface area contributed by atoms with Gasteiger partial charge in [-0.2, -0.15) is 0 Å². The molecule has 0 spiro atoms. The van der Waals surface area contributed by atoms with Crippen LogP contribution in [-0.2, 0) is 14.6 Å². The Kier molecular flexibility index (Phi) is 5.11. The van der Waals surface area contributed by atoms with Gasteiger partial charge in [-0.25, -0.2) is 8.42 Å². The number of rotatable bonds is 6. The molecule has 96 valence electrons. The van der Waals surface area contributed by atoms with Gasteiger partial charge in [-0.05, 0) is 31.7 Å². The first-order valence-corrected chi connectivity index (χ1v) is 7.43. The molecule has 1 atom stereocenters. The second-order valence-corrected chi connectivity index (χ2v) is 5.86. The van der Waals surface area contributed by atoms with Crippen molar-refractivity contribution >= 4 is 9.84 Å². The summed E-state index contributed by atoms with van der Waals surface area (Å²) in [6.07, 6.45) is 1.21. The van der Waals surface area contributed by atoms with Crippen LogP contribution < -0.4 is 5.32 Å². The summed E-state index contributed by atoms with van der Waals surface area (Å²) in [6.45, 7) is 3.10. The quantitative estimate of drug-likeness (QED) is 0.836. The molecule has 1 unspecified atom stereocenters. The average molecular weight is 257 g/mol. The molecule has 1 rings (SSSR count). The van der Waals surface area contributed by atoms with Gasteiger partial charge in [-0.15, -0.1) is 0 Å². The number of nitrogens with one attached hydrogen (secondary N) is 1. The van der Waals surface area contributed by atoms with Crippen LogP contribution in [0, 0.1) is 0 Å². The number of likely N-dealkylation sites (N-methyl/N-ethyl adjacent to an activating group) is 1. The van der Waals surface area contributed by atoms with Crippen LogP contribution in [0.4, 0.5) is 0 Å². The summed E-state index contributed by atoms with van der Waals surface area (Å²) in [5.41, 5.74) is 0.920. The van der Waals surface area contributed by atoms with Gasteiger partial charge in [-0.1, -0.05) is 12.1 Å². The van der Waals surface area contributed by atoms with Crippen molar-refractivity contribution in [3.05, 3.63) is 29.8 Å². The Balaban J connectivity index is 2.97. The molecule has 0 aliphatic carbocycles. The zero-order valence-electron chi connectivity index (χ0n) is 10.4. The third-order valence-electron chi connectivity index (χ3n) is 2.53. The van der Waals surface area contributed by atoms with E-state index < -0.39 is 9.84 Å². The SMILES string of the molecule is CCOCC(NC)c1cccc(S(C)(=O)=O)c1. The second-order valence-electron chi connectivity index (χ2n) is 3.85. The van der Waals surface area contributed by atoms with Gasteiger partial charge < -0.3 is 10.1 Å². The summed E-state index contributed by atoms with van der Waals surface area (Å²) in [7, 11) is -1.33. The molecule has 0 fully saturated rings. The van der Waals surface area contributed by atoms with E-state index in [1.807, 2.05) is 20.0 Å². The van der Waals surface area contributed by atoms with Gasteiger partial charge in [0.1, 0.15) is 0 Å². The van der Waals surface area contributed by atoms with Crippen LogP contribution in [0.25, 0.3) is 0 Å². The second kappa shape index (κ2) is 6.14. The summed E-state index contributed by atoms with van der Waals surface area (Å²) >= 11 is 0. The minimum absolute atomic E-state index is 0.0108. The lowest BCUT2D eigenvalue weighted by molar-refractivity contribution is 0.125. The maximum absolute atomic E-state index is 11.5. The fourth-order valence-corrected chi connectivity index (χ4v) is 2.22. The molecule has 0 amide bonds. The van der Waals surface area contributed by atoms with Crippen molar-refractivity contribution < 1.29 is 13.2 Å². The van der Waals surface area contributed by atoms with Gasteiger partial charge in [0.15, 0.2) is 9.84 Å². The Labute approximate surface area is 103 Å². The predicted octanol–water partition coefficient (Wildman–Crippen LogP) is 1.39. The van der Waals surface area contributed by atoms with E-state index in [4.69, 9.17) is 4.74 Å². The zero-order valence-corrected chi connectivity index (χ0v) is 11.3. The minimum atomic E-state index is -3.16. The summed E-state index contributed by atoms with van der Waals surface area (Å²) < 4.78 is 28.3. The number of hydrogen-bond donors (Lipinski definition) is 1. The van der Waals surface area contributed by atoms with Crippen molar-refractivity contribution in [2.75, 3.05) is 26.5 Å². The van der Waals surface area contributed by atoms with E-state index in [1.165, 1.54) is 6.26 Å². The van der Waals surface area contributed by atoms with Crippen molar-refractivity contribution in [1.82, 2.24) is 5.32 Å². The highest BCUT2D eigenvalue weighted by atomic mass is 32.2. The highest BCUT2D eigenvalue weighted by Crippen LogP contribution is 2.17. The number of benzene rings is 1. The molecule has 0 aromatic heterocycles. The molecule has 0 saturated carbocycles. The third-order valence-corrected chi connectivity index (χ3v) is 3.64. The van der Waals surface area contributed by atoms with Gasteiger partial charge >= 0.3 is 0 Å². The van der Waals surface area contributed by atoms with E-state index in [1.54, 1.807) is 18.2 Å². The predicted molar refractivity (Wildman–Crippen MR) is 67.8 cm³/mol. The Morgan fingerprint density at radius 1 is 1.41 bits per heavy atom. The maximum atomic E-state index is 11.5. The fraction of sp³-hybridized carbons (Fsp3) is 0.500. The number of sulfone groups is 1. The van der Waals surface area contributed by atoms with Crippen LogP contribution in [0.1, 0.15) is 18.5 Å². The maximum Gasteiger partial charge on any atom is 0.175 e. The van der Waals surface area contributed by atoms with Crippen molar-refractivity contribution in [3.8, 4) is 0 Å². The minimum Gasteiger partial charge on any atom is -0.380 e. The van der Waals surface area contributed by atoms with Gasteiger partial charge in [0, 0.05) is 12.9 Å². The van der Waals surface area contributed by atoms with Gasteiger partial charge in [0.05, 0.1) is 17.5 Å². The molecule has 1 aromatic carbocycles. The Morgan fingerprint density at radius 3 is 2.65 bits per heavy atom. The van der Waals surface area contributed by atoms with Crippen LogP contribution >= 0.6 is 0 Å². The highest BCUT2D eigenvalue weighted by Gasteiger charge is 2.13. The lowest BCUT2D eigenvalue weighted by Gasteiger charge is -2.17. The molecule has 0 aliphatic heterocycles. The molecular weight excluding hydrogens is 238 g/mol. The van der Waals surface area contributed by atoms with E-state index in [-0.39, 0.29) is 6.04 Å².